The summed E-state index contributed by atoms with van der Waals surface area (Å²) in [4.78, 5) is 2.57. The van der Waals surface area contributed by atoms with Gasteiger partial charge in [0.05, 0.1) is 12.2 Å². The number of ether oxygens (including phenoxy) is 2. The van der Waals surface area contributed by atoms with E-state index < -0.39 is 0 Å². The van der Waals surface area contributed by atoms with E-state index in [-0.39, 0.29) is 11.1 Å². The molecule has 21 heavy (non-hydrogen) atoms. The summed E-state index contributed by atoms with van der Waals surface area (Å²) in [6.45, 7) is 14.0. The Morgan fingerprint density at radius 1 is 1.29 bits per heavy atom. The highest BCUT2D eigenvalue weighted by Crippen LogP contribution is 2.39. The van der Waals surface area contributed by atoms with Gasteiger partial charge in [-0.2, -0.15) is 0 Å². The van der Waals surface area contributed by atoms with Gasteiger partial charge in [-0.15, -0.1) is 0 Å². The number of nitrogens with one attached hydrogen (secondary N) is 1. The normalized spacial score (nSPS) is 32.0. The van der Waals surface area contributed by atoms with Crippen molar-refractivity contribution in [2.24, 2.45) is 5.92 Å². The van der Waals surface area contributed by atoms with E-state index in [0.717, 1.165) is 52.2 Å². The quantitative estimate of drug-likeness (QED) is 0.816. The number of nitrogens with zero attached hydrogens (tertiary/aromatic N) is 1. The molecule has 0 amide bonds. The number of likely N-dealkylation sites (N-methyl/N-ethyl adjacent to an activating group) is 2. The summed E-state index contributed by atoms with van der Waals surface area (Å²) in [5.74, 6) is 0.654. The first-order valence-corrected chi connectivity index (χ1v) is 8.63. The maximum absolute atomic E-state index is 6.11. The van der Waals surface area contributed by atoms with Crippen molar-refractivity contribution in [1.29, 1.82) is 0 Å². The molecule has 3 unspecified atom stereocenters. The average Bonchev–Trinajstić information content (AvgIpc) is 2.88. The van der Waals surface area contributed by atoms with Crippen LogP contribution in [0.15, 0.2) is 0 Å². The van der Waals surface area contributed by atoms with Gasteiger partial charge in [0.25, 0.3) is 0 Å². The monoisotopic (exact) mass is 298 g/mol. The van der Waals surface area contributed by atoms with Crippen LogP contribution in [0.1, 0.15) is 47.0 Å². The highest BCUT2D eigenvalue weighted by atomic mass is 16.6. The predicted molar refractivity (Wildman–Crippen MR) is 86.7 cm³/mol. The predicted octanol–water partition coefficient (Wildman–Crippen LogP) is 2.28. The molecule has 0 radical (unpaired) electrons. The third-order valence-electron chi connectivity index (χ3n) is 5.72. The molecule has 1 spiro atoms. The van der Waals surface area contributed by atoms with Crippen LogP contribution in [0.5, 0.6) is 0 Å². The van der Waals surface area contributed by atoms with Crippen LogP contribution < -0.4 is 5.32 Å². The molecule has 0 aromatic rings. The minimum atomic E-state index is -0.00262. The molecule has 3 atom stereocenters. The third kappa shape index (κ3) is 3.44. The van der Waals surface area contributed by atoms with E-state index in [9.17, 15) is 0 Å². The first kappa shape index (κ1) is 17.2. The second kappa shape index (κ2) is 6.95. The van der Waals surface area contributed by atoms with Gasteiger partial charge in [-0.3, -0.25) is 4.90 Å². The van der Waals surface area contributed by atoms with Gasteiger partial charge < -0.3 is 14.8 Å². The molecule has 0 saturated carbocycles. The fourth-order valence-electron chi connectivity index (χ4n) is 4.61. The molecule has 4 heteroatoms. The van der Waals surface area contributed by atoms with Crippen molar-refractivity contribution < 1.29 is 9.47 Å². The first-order chi connectivity index (χ1) is 9.99. The van der Waals surface area contributed by atoms with E-state index in [4.69, 9.17) is 9.47 Å². The van der Waals surface area contributed by atoms with E-state index in [2.05, 4.69) is 45.0 Å². The summed E-state index contributed by atoms with van der Waals surface area (Å²) in [6.07, 6.45) is 3.34. The maximum Gasteiger partial charge on any atom is 0.0939 e. The van der Waals surface area contributed by atoms with Gasteiger partial charge >= 0.3 is 0 Å². The molecule has 0 aromatic carbocycles. The Balaban J connectivity index is 2.12. The number of hydrogen-bond donors (Lipinski definition) is 1. The van der Waals surface area contributed by atoms with Crippen molar-refractivity contribution in [2.75, 3.05) is 40.0 Å². The Hall–Kier alpha value is -0.160. The molecular weight excluding hydrogens is 264 g/mol. The van der Waals surface area contributed by atoms with Crippen molar-refractivity contribution in [3.8, 4) is 0 Å². The van der Waals surface area contributed by atoms with E-state index >= 15 is 0 Å². The molecule has 2 saturated heterocycles. The Bertz CT molecular complexity index is 323. The lowest BCUT2D eigenvalue weighted by Gasteiger charge is -2.49. The number of rotatable bonds is 6. The molecular formula is C17H34N2O2. The smallest absolute Gasteiger partial charge is 0.0939 e. The Morgan fingerprint density at radius 3 is 2.52 bits per heavy atom. The summed E-state index contributed by atoms with van der Waals surface area (Å²) in [5, 5.41) is 3.63. The fourth-order valence-corrected chi connectivity index (χ4v) is 4.61. The van der Waals surface area contributed by atoms with Crippen LogP contribution in [0.4, 0.5) is 0 Å². The second-order valence-corrected chi connectivity index (χ2v) is 7.18. The van der Waals surface area contributed by atoms with Crippen LogP contribution in [0.25, 0.3) is 0 Å². The Labute approximate surface area is 130 Å². The maximum atomic E-state index is 6.11. The standard InChI is InChI=1S/C17H34N2O2/c1-6-19(7-2)16(3,4)15(18-5)14-8-10-21-17(12-14)9-11-20-13-17/h14-15,18H,6-13H2,1-5H3. The zero-order chi connectivity index (χ0) is 15.5. The van der Waals surface area contributed by atoms with Crippen molar-refractivity contribution in [3.05, 3.63) is 0 Å². The molecule has 2 aliphatic rings. The van der Waals surface area contributed by atoms with Crippen LogP contribution in [0.3, 0.4) is 0 Å². The summed E-state index contributed by atoms with van der Waals surface area (Å²) >= 11 is 0. The van der Waals surface area contributed by atoms with Crippen LogP contribution in [0.2, 0.25) is 0 Å². The molecule has 2 rings (SSSR count). The second-order valence-electron chi connectivity index (χ2n) is 7.18. The summed E-state index contributed by atoms with van der Waals surface area (Å²) < 4.78 is 11.7. The molecule has 124 valence electrons. The summed E-state index contributed by atoms with van der Waals surface area (Å²) in [7, 11) is 2.11. The van der Waals surface area contributed by atoms with Gasteiger partial charge in [0.1, 0.15) is 0 Å². The van der Waals surface area contributed by atoms with Gasteiger partial charge in [0.15, 0.2) is 0 Å². The SMILES string of the molecule is CCN(CC)C(C)(C)C(NC)C1CCOC2(CCOC2)C1. The van der Waals surface area contributed by atoms with Crippen LogP contribution >= 0.6 is 0 Å². The zero-order valence-electron chi connectivity index (χ0n) is 14.6. The number of hydrogen-bond acceptors (Lipinski definition) is 4. The van der Waals surface area contributed by atoms with Crippen molar-refractivity contribution in [3.63, 3.8) is 0 Å². The van der Waals surface area contributed by atoms with E-state index in [1.54, 1.807) is 0 Å². The highest BCUT2D eigenvalue weighted by Gasteiger charge is 2.46. The lowest BCUT2D eigenvalue weighted by molar-refractivity contribution is -0.110. The van der Waals surface area contributed by atoms with E-state index in [0.29, 0.717) is 12.0 Å². The lowest BCUT2D eigenvalue weighted by Crippen LogP contribution is -2.61. The van der Waals surface area contributed by atoms with Gasteiger partial charge in [0.2, 0.25) is 0 Å². The molecule has 1 N–H and O–H groups in total. The fraction of sp³-hybridized carbons (Fsp3) is 1.00. The van der Waals surface area contributed by atoms with Crippen LogP contribution in [-0.2, 0) is 9.47 Å². The minimum absolute atomic E-state index is 0.00262. The van der Waals surface area contributed by atoms with Crippen molar-refractivity contribution in [1.82, 2.24) is 10.2 Å². The molecule has 2 fully saturated rings. The largest absolute Gasteiger partial charge is 0.378 e. The molecule has 0 aromatic heterocycles. The summed E-state index contributed by atoms with van der Waals surface area (Å²) in [6, 6.07) is 0.485. The van der Waals surface area contributed by atoms with Gasteiger partial charge in [0, 0.05) is 31.2 Å². The average molecular weight is 298 g/mol. The highest BCUT2D eigenvalue weighted by molar-refractivity contribution is 5.01. The Morgan fingerprint density at radius 2 is 2.00 bits per heavy atom. The molecule has 0 bridgehead atoms. The molecule has 4 nitrogen and oxygen atoms in total. The topological polar surface area (TPSA) is 33.7 Å². The van der Waals surface area contributed by atoms with Crippen molar-refractivity contribution >= 4 is 0 Å². The molecule has 0 aliphatic carbocycles. The zero-order valence-corrected chi connectivity index (χ0v) is 14.6. The summed E-state index contributed by atoms with van der Waals surface area (Å²) in [5.41, 5.74) is 0.151. The van der Waals surface area contributed by atoms with Gasteiger partial charge in [-0.1, -0.05) is 13.8 Å². The third-order valence-corrected chi connectivity index (χ3v) is 5.72. The molecule has 2 aliphatic heterocycles. The van der Waals surface area contributed by atoms with Gasteiger partial charge in [-0.25, -0.2) is 0 Å². The lowest BCUT2D eigenvalue weighted by atomic mass is 9.74. The van der Waals surface area contributed by atoms with Crippen LogP contribution in [0, 0.1) is 5.92 Å². The van der Waals surface area contributed by atoms with E-state index in [1.165, 1.54) is 0 Å². The van der Waals surface area contributed by atoms with Crippen molar-refractivity contribution in [2.45, 2.75) is 64.1 Å². The molecule has 2 heterocycles. The Kier molecular flexibility index (Phi) is 5.69. The van der Waals surface area contributed by atoms with Gasteiger partial charge in [-0.05, 0) is 52.7 Å². The van der Waals surface area contributed by atoms with E-state index in [1.807, 2.05) is 0 Å². The first-order valence-electron chi connectivity index (χ1n) is 8.63. The van der Waals surface area contributed by atoms with Crippen LogP contribution in [-0.4, -0.2) is 62.0 Å². The minimum Gasteiger partial charge on any atom is -0.378 e.